The number of fused-ring (bicyclic) bond motifs is 1. The van der Waals surface area contributed by atoms with Gasteiger partial charge >= 0.3 is 0 Å². The van der Waals surface area contributed by atoms with Gasteiger partial charge in [0.05, 0.1) is 12.1 Å². The predicted octanol–water partition coefficient (Wildman–Crippen LogP) is 0.408. The molecule has 5 nitrogen and oxygen atoms in total. The van der Waals surface area contributed by atoms with Crippen LogP contribution < -0.4 is 4.74 Å². The van der Waals surface area contributed by atoms with Gasteiger partial charge in [-0.05, 0) is 12.1 Å². The molecule has 0 saturated carbocycles. The Morgan fingerprint density at radius 1 is 1.19 bits per heavy atom. The molecule has 0 saturated heterocycles. The highest BCUT2D eigenvalue weighted by Gasteiger charge is 2.51. The van der Waals surface area contributed by atoms with Crippen LogP contribution >= 0.6 is 11.6 Å². The van der Waals surface area contributed by atoms with E-state index in [2.05, 4.69) is 0 Å². The Bertz CT molecular complexity index is 506. The first kappa shape index (κ1) is 11.1. The Labute approximate surface area is 95.2 Å². The number of aliphatic hydroxyl groups is 2. The Balaban J connectivity index is 2.70. The van der Waals surface area contributed by atoms with Crippen LogP contribution in [0.4, 0.5) is 0 Å². The summed E-state index contributed by atoms with van der Waals surface area (Å²) in [5.74, 6) is -4.93. The lowest BCUT2D eigenvalue weighted by atomic mass is 10.1. The van der Waals surface area contributed by atoms with Crippen LogP contribution in [0, 0.1) is 0 Å². The molecule has 1 aliphatic rings. The van der Waals surface area contributed by atoms with E-state index >= 15 is 0 Å². The molecular formula is C10H7ClO5. The lowest BCUT2D eigenvalue weighted by Gasteiger charge is -2.08. The van der Waals surface area contributed by atoms with Crippen molar-refractivity contribution in [3.05, 3.63) is 28.3 Å². The fourth-order valence-corrected chi connectivity index (χ4v) is 1.81. The summed E-state index contributed by atoms with van der Waals surface area (Å²) in [5, 5.41) is 18.7. The maximum Gasteiger partial charge on any atom is 0.295 e. The second kappa shape index (κ2) is 3.28. The first-order valence-corrected chi connectivity index (χ1v) is 4.69. The van der Waals surface area contributed by atoms with Crippen molar-refractivity contribution in [3.63, 3.8) is 0 Å². The topological polar surface area (TPSA) is 83.8 Å². The molecule has 1 aromatic rings. The number of rotatable bonds is 1. The maximum atomic E-state index is 11.5. The van der Waals surface area contributed by atoms with Gasteiger partial charge in [-0.15, -0.1) is 0 Å². The number of hydrogen-bond acceptors (Lipinski definition) is 5. The zero-order valence-corrected chi connectivity index (χ0v) is 8.91. The molecule has 16 heavy (non-hydrogen) atoms. The summed E-state index contributed by atoms with van der Waals surface area (Å²) in [4.78, 5) is 22.9. The first-order valence-electron chi connectivity index (χ1n) is 4.31. The summed E-state index contributed by atoms with van der Waals surface area (Å²) in [7, 11) is 1.35. The molecule has 0 spiro atoms. The fourth-order valence-electron chi connectivity index (χ4n) is 1.56. The van der Waals surface area contributed by atoms with Crippen LogP contribution in [0.25, 0.3) is 0 Å². The lowest BCUT2D eigenvalue weighted by molar-refractivity contribution is -0.0857. The Morgan fingerprint density at radius 3 is 2.19 bits per heavy atom. The Hall–Kier alpha value is -1.43. The summed E-state index contributed by atoms with van der Waals surface area (Å²) < 4.78 is 4.86. The molecule has 2 rings (SSSR count). The first-order chi connectivity index (χ1) is 7.39. The zero-order chi connectivity index (χ0) is 12.1. The minimum absolute atomic E-state index is 0.101. The molecule has 0 amide bonds. The highest BCUT2D eigenvalue weighted by molar-refractivity contribution is 6.35. The van der Waals surface area contributed by atoms with Gasteiger partial charge in [0.2, 0.25) is 11.6 Å². The van der Waals surface area contributed by atoms with Crippen molar-refractivity contribution in [1.82, 2.24) is 0 Å². The third-order valence-electron chi connectivity index (χ3n) is 2.41. The van der Waals surface area contributed by atoms with Gasteiger partial charge in [0.1, 0.15) is 5.75 Å². The number of carbonyl (C=O) groups is 2. The highest BCUT2D eigenvalue weighted by atomic mass is 35.5. The van der Waals surface area contributed by atoms with Gasteiger partial charge in [0.25, 0.3) is 5.79 Å². The highest BCUT2D eigenvalue weighted by Crippen LogP contribution is 2.35. The van der Waals surface area contributed by atoms with E-state index in [0.29, 0.717) is 0 Å². The molecule has 0 atom stereocenters. The van der Waals surface area contributed by atoms with E-state index in [1.54, 1.807) is 0 Å². The SMILES string of the molecule is COc1cc2c(cc1Cl)C(=O)C(O)(O)C2=O. The van der Waals surface area contributed by atoms with E-state index in [1.165, 1.54) is 19.2 Å². The van der Waals surface area contributed by atoms with Gasteiger partial charge in [-0.3, -0.25) is 9.59 Å². The average Bonchev–Trinajstić information content (AvgIpc) is 2.40. The molecule has 0 heterocycles. The average molecular weight is 243 g/mol. The number of hydrogen-bond donors (Lipinski definition) is 2. The second-order valence-electron chi connectivity index (χ2n) is 3.36. The second-order valence-corrected chi connectivity index (χ2v) is 3.77. The third-order valence-corrected chi connectivity index (χ3v) is 2.71. The number of ether oxygens (including phenoxy) is 1. The Morgan fingerprint density at radius 2 is 1.69 bits per heavy atom. The van der Waals surface area contributed by atoms with E-state index in [1.807, 2.05) is 0 Å². The molecule has 1 aromatic carbocycles. The molecule has 0 fully saturated rings. The molecular weight excluding hydrogens is 236 g/mol. The maximum absolute atomic E-state index is 11.5. The van der Waals surface area contributed by atoms with Crippen molar-refractivity contribution >= 4 is 23.2 Å². The molecule has 6 heteroatoms. The summed E-state index contributed by atoms with van der Waals surface area (Å²) in [6, 6.07) is 2.40. The molecule has 0 aliphatic heterocycles. The van der Waals surface area contributed by atoms with Gasteiger partial charge in [-0.2, -0.15) is 0 Å². The van der Waals surface area contributed by atoms with Crippen LogP contribution in [-0.2, 0) is 0 Å². The van der Waals surface area contributed by atoms with Crippen LogP contribution in [-0.4, -0.2) is 34.7 Å². The zero-order valence-electron chi connectivity index (χ0n) is 8.15. The Kier molecular flexibility index (Phi) is 2.27. The monoisotopic (exact) mass is 242 g/mol. The van der Waals surface area contributed by atoms with Crippen molar-refractivity contribution in [2.24, 2.45) is 0 Å². The van der Waals surface area contributed by atoms with Gasteiger partial charge < -0.3 is 14.9 Å². The molecule has 0 radical (unpaired) electrons. The van der Waals surface area contributed by atoms with Crippen LogP contribution in [0.15, 0.2) is 12.1 Å². The van der Waals surface area contributed by atoms with Crippen LogP contribution in [0.3, 0.4) is 0 Å². The molecule has 84 valence electrons. The number of halogens is 1. The molecule has 2 N–H and O–H groups in total. The van der Waals surface area contributed by atoms with Crippen molar-refractivity contribution < 1.29 is 24.5 Å². The van der Waals surface area contributed by atoms with Crippen molar-refractivity contribution in [2.45, 2.75) is 5.79 Å². The van der Waals surface area contributed by atoms with Crippen molar-refractivity contribution in [2.75, 3.05) is 7.11 Å². The van der Waals surface area contributed by atoms with Gasteiger partial charge in [-0.25, -0.2) is 0 Å². The third kappa shape index (κ3) is 1.26. The summed E-state index contributed by atoms with van der Waals surface area (Å²) in [6.07, 6.45) is 0. The van der Waals surface area contributed by atoms with Gasteiger partial charge in [0, 0.05) is 11.1 Å². The minimum atomic E-state index is -2.99. The molecule has 0 bridgehead atoms. The number of ketones is 2. The summed E-state index contributed by atoms with van der Waals surface area (Å²) in [5.41, 5.74) is -0.211. The van der Waals surface area contributed by atoms with E-state index in [-0.39, 0.29) is 21.9 Å². The number of methoxy groups -OCH3 is 1. The standard InChI is InChI=1S/C10H7ClO5/c1-16-7-3-5-4(2-6(7)11)8(12)10(14,15)9(5)13/h2-3,14-15H,1H3. The number of Topliss-reactive ketones (excluding diaryl/α,β-unsaturated/α-hetero) is 2. The van der Waals surface area contributed by atoms with E-state index in [4.69, 9.17) is 16.3 Å². The van der Waals surface area contributed by atoms with Crippen LogP contribution in [0.1, 0.15) is 20.7 Å². The van der Waals surface area contributed by atoms with E-state index in [0.717, 1.165) is 0 Å². The smallest absolute Gasteiger partial charge is 0.295 e. The van der Waals surface area contributed by atoms with Gasteiger partial charge in [-0.1, -0.05) is 11.6 Å². The number of benzene rings is 1. The van der Waals surface area contributed by atoms with Crippen LogP contribution in [0.2, 0.25) is 5.02 Å². The number of carbonyl (C=O) groups excluding carboxylic acids is 2. The van der Waals surface area contributed by atoms with Crippen molar-refractivity contribution in [3.8, 4) is 5.75 Å². The minimum Gasteiger partial charge on any atom is -0.495 e. The quantitative estimate of drug-likeness (QED) is 0.550. The summed E-state index contributed by atoms with van der Waals surface area (Å²) >= 11 is 5.76. The fraction of sp³-hybridized carbons (Fsp3) is 0.200. The molecule has 1 aliphatic carbocycles. The normalized spacial score (nSPS) is 17.5. The van der Waals surface area contributed by atoms with Gasteiger partial charge in [0.15, 0.2) is 0 Å². The predicted molar refractivity (Wildman–Crippen MR) is 53.8 cm³/mol. The molecule has 0 unspecified atom stereocenters. The lowest BCUT2D eigenvalue weighted by Crippen LogP contribution is -2.40. The van der Waals surface area contributed by atoms with Crippen molar-refractivity contribution in [1.29, 1.82) is 0 Å². The van der Waals surface area contributed by atoms with E-state index in [9.17, 15) is 19.8 Å². The molecule has 0 aromatic heterocycles. The summed E-state index contributed by atoms with van der Waals surface area (Å²) in [6.45, 7) is 0. The van der Waals surface area contributed by atoms with Crippen LogP contribution in [0.5, 0.6) is 5.75 Å². The van der Waals surface area contributed by atoms with E-state index < -0.39 is 17.4 Å². The largest absolute Gasteiger partial charge is 0.495 e.